The maximum Gasteiger partial charge on any atom is 0.261 e. The van der Waals surface area contributed by atoms with Gasteiger partial charge in [-0.05, 0) is 32.1 Å². The summed E-state index contributed by atoms with van der Waals surface area (Å²) in [5.74, 6) is 0.319. The molecule has 0 aromatic heterocycles. The Labute approximate surface area is 161 Å². The summed E-state index contributed by atoms with van der Waals surface area (Å²) in [6.07, 6.45) is 0.551. The lowest BCUT2D eigenvalue weighted by molar-refractivity contribution is -0.124. The van der Waals surface area contributed by atoms with E-state index in [4.69, 9.17) is 10.5 Å². The molecule has 2 rings (SSSR count). The average Bonchev–Trinajstić information content (AvgIpc) is 2.79. The van der Waals surface area contributed by atoms with Crippen molar-refractivity contribution in [2.75, 3.05) is 26.9 Å². The molecular formula is C17H32N4O5S. The van der Waals surface area contributed by atoms with Crippen molar-refractivity contribution in [1.29, 1.82) is 0 Å². The second-order valence-electron chi connectivity index (χ2n) is 7.76. The first kappa shape index (κ1) is 21.9. The van der Waals surface area contributed by atoms with Crippen LogP contribution in [0, 0.1) is 5.92 Å². The second-order valence-corrected chi connectivity index (χ2v) is 9.61. The first-order valence-electron chi connectivity index (χ1n) is 9.33. The Bertz CT molecular complexity index is 679. The fourth-order valence-corrected chi connectivity index (χ4v) is 5.31. The lowest BCUT2D eigenvalue weighted by Gasteiger charge is -2.27. The number of sulfonamides is 1. The fraction of sp³-hybridized carbons (Fsp3) is 0.824. The molecule has 3 atom stereocenters. The highest BCUT2D eigenvalue weighted by Crippen LogP contribution is 2.28. The second kappa shape index (κ2) is 8.76. The van der Waals surface area contributed by atoms with E-state index in [1.165, 1.54) is 9.21 Å². The van der Waals surface area contributed by atoms with Crippen LogP contribution in [0.1, 0.15) is 40.0 Å². The van der Waals surface area contributed by atoms with Crippen LogP contribution >= 0.6 is 0 Å². The van der Waals surface area contributed by atoms with E-state index in [0.29, 0.717) is 25.0 Å². The van der Waals surface area contributed by atoms with Crippen molar-refractivity contribution >= 4 is 15.9 Å². The minimum atomic E-state index is -3.78. The molecule has 2 aliphatic heterocycles. The van der Waals surface area contributed by atoms with E-state index in [2.05, 4.69) is 5.32 Å². The van der Waals surface area contributed by atoms with Gasteiger partial charge in [0.05, 0.1) is 18.2 Å². The van der Waals surface area contributed by atoms with Crippen molar-refractivity contribution in [2.45, 2.75) is 58.2 Å². The molecule has 1 saturated heterocycles. The Kier molecular flexibility index (Phi) is 7.12. The predicted octanol–water partition coefficient (Wildman–Crippen LogP) is -0.260. The van der Waals surface area contributed by atoms with Gasteiger partial charge in [0.2, 0.25) is 5.91 Å². The van der Waals surface area contributed by atoms with Crippen LogP contribution in [0.15, 0.2) is 10.8 Å². The first-order valence-corrected chi connectivity index (χ1v) is 10.8. The largest absolute Gasteiger partial charge is 0.475 e. The molecule has 2 heterocycles. The SMILES string of the molecule is CC1=C(S(=O)(=O)N2CCCC(NC(=O)[C@@H](N)CC(C)C)C(O)C2)N(C)CO1. The van der Waals surface area contributed by atoms with Gasteiger partial charge in [0.1, 0.15) is 5.76 Å². The van der Waals surface area contributed by atoms with Gasteiger partial charge in [0, 0.05) is 20.1 Å². The number of allylic oxidation sites excluding steroid dienone is 1. The van der Waals surface area contributed by atoms with E-state index in [1.54, 1.807) is 14.0 Å². The highest BCUT2D eigenvalue weighted by Gasteiger charge is 2.39. The molecule has 2 unspecified atom stereocenters. The minimum absolute atomic E-state index is 0.0860. The number of aliphatic hydroxyl groups excluding tert-OH is 1. The van der Waals surface area contributed by atoms with Crippen molar-refractivity contribution in [3.05, 3.63) is 10.8 Å². The Hall–Kier alpha value is -1.36. The zero-order chi connectivity index (χ0) is 20.4. The summed E-state index contributed by atoms with van der Waals surface area (Å²) in [5.41, 5.74) is 5.90. The molecule has 2 aliphatic rings. The maximum atomic E-state index is 13.0. The van der Waals surface area contributed by atoms with Gasteiger partial charge >= 0.3 is 0 Å². The number of carbonyl (C=O) groups excluding carboxylic acids is 1. The lowest BCUT2D eigenvalue weighted by Crippen LogP contribution is -2.52. The van der Waals surface area contributed by atoms with Crippen molar-refractivity contribution in [2.24, 2.45) is 11.7 Å². The Morgan fingerprint density at radius 3 is 2.67 bits per heavy atom. The number of β-amino-alcohol motifs (C(OH)–C–C–N with tert-alkyl or cyclic N) is 1. The Morgan fingerprint density at radius 1 is 1.44 bits per heavy atom. The summed E-state index contributed by atoms with van der Waals surface area (Å²) in [6.45, 7) is 5.95. The van der Waals surface area contributed by atoms with Gasteiger partial charge in [-0.1, -0.05) is 13.8 Å². The summed E-state index contributed by atoms with van der Waals surface area (Å²) in [7, 11) is -2.13. The summed E-state index contributed by atoms with van der Waals surface area (Å²) in [4.78, 5) is 13.8. The molecule has 0 aliphatic carbocycles. The summed E-state index contributed by atoms with van der Waals surface area (Å²) in [6, 6.07) is -1.17. The van der Waals surface area contributed by atoms with Gasteiger partial charge in [-0.15, -0.1) is 0 Å². The van der Waals surface area contributed by atoms with Crippen LogP contribution < -0.4 is 11.1 Å². The van der Waals surface area contributed by atoms with Crippen molar-refractivity contribution in [1.82, 2.24) is 14.5 Å². The van der Waals surface area contributed by atoms with E-state index < -0.39 is 28.2 Å². The van der Waals surface area contributed by atoms with E-state index in [-0.39, 0.29) is 36.7 Å². The third kappa shape index (κ3) is 5.13. The van der Waals surface area contributed by atoms with Gasteiger partial charge in [0.25, 0.3) is 10.0 Å². The third-order valence-corrected chi connectivity index (χ3v) is 6.97. The third-order valence-electron chi connectivity index (χ3n) is 4.87. The summed E-state index contributed by atoms with van der Waals surface area (Å²) in [5, 5.41) is 13.5. The molecule has 0 aromatic carbocycles. The van der Waals surface area contributed by atoms with Crippen LogP contribution in [0.4, 0.5) is 0 Å². The zero-order valence-electron chi connectivity index (χ0n) is 16.5. The highest BCUT2D eigenvalue weighted by atomic mass is 32.2. The van der Waals surface area contributed by atoms with Gasteiger partial charge in [-0.2, -0.15) is 4.31 Å². The number of aliphatic hydroxyl groups is 1. The zero-order valence-corrected chi connectivity index (χ0v) is 17.3. The molecule has 1 fully saturated rings. The van der Waals surface area contributed by atoms with Gasteiger partial charge in [0.15, 0.2) is 11.8 Å². The molecule has 4 N–H and O–H groups in total. The molecule has 0 bridgehead atoms. The number of nitrogens with one attached hydrogen (secondary N) is 1. The number of nitrogens with two attached hydrogens (primary N) is 1. The van der Waals surface area contributed by atoms with Gasteiger partial charge in [-0.3, -0.25) is 4.79 Å². The van der Waals surface area contributed by atoms with Crippen molar-refractivity contribution in [3.8, 4) is 0 Å². The predicted molar refractivity (Wildman–Crippen MR) is 102 cm³/mol. The molecule has 0 spiro atoms. The number of amides is 1. The molecule has 156 valence electrons. The van der Waals surface area contributed by atoms with Crippen LogP contribution in [0.25, 0.3) is 0 Å². The van der Waals surface area contributed by atoms with Crippen molar-refractivity contribution in [3.63, 3.8) is 0 Å². The molecule has 10 heteroatoms. The number of carbonyl (C=O) groups is 1. The van der Waals surface area contributed by atoms with Crippen LogP contribution in [0.5, 0.6) is 0 Å². The number of rotatable bonds is 6. The number of hydrogen-bond donors (Lipinski definition) is 3. The smallest absolute Gasteiger partial charge is 0.261 e. The average molecular weight is 405 g/mol. The topological polar surface area (TPSA) is 125 Å². The minimum Gasteiger partial charge on any atom is -0.475 e. The number of ether oxygens (including phenoxy) is 1. The van der Waals surface area contributed by atoms with Gasteiger partial charge in [-0.25, -0.2) is 8.42 Å². The van der Waals surface area contributed by atoms with Crippen molar-refractivity contribution < 1.29 is 23.1 Å². The molecule has 0 saturated carbocycles. The van der Waals surface area contributed by atoms with E-state index in [9.17, 15) is 18.3 Å². The van der Waals surface area contributed by atoms with Crippen LogP contribution in [-0.4, -0.2) is 73.7 Å². The van der Waals surface area contributed by atoms with E-state index in [0.717, 1.165) is 0 Å². The van der Waals surface area contributed by atoms with E-state index in [1.807, 2.05) is 13.8 Å². The Morgan fingerprint density at radius 2 is 2.11 bits per heavy atom. The van der Waals surface area contributed by atoms with Crippen LogP contribution in [0.3, 0.4) is 0 Å². The summed E-state index contributed by atoms with van der Waals surface area (Å²) >= 11 is 0. The monoisotopic (exact) mass is 404 g/mol. The quantitative estimate of drug-likeness (QED) is 0.557. The normalized spacial score (nSPS) is 26.1. The standard InChI is InChI=1S/C17H32N4O5S/c1-11(2)8-13(18)16(23)19-14-6-5-7-21(9-15(14)22)27(24,25)17-12(3)26-10-20(17)4/h11,13-15,22H,5-10,18H2,1-4H3,(H,19,23)/t13-,14?,15?/m0/s1. The van der Waals surface area contributed by atoms with Crippen LogP contribution in [-0.2, 0) is 19.6 Å². The van der Waals surface area contributed by atoms with Gasteiger partial charge < -0.3 is 25.8 Å². The first-order chi connectivity index (χ1) is 12.5. The fourth-order valence-electron chi connectivity index (χ4n) is 3.48. The molecule has 27 heavy (non-hydrogen) atoms. The number of nitrogens with zero attached hydrogens (tertiary/aromatic N) is 2. The van der Waals surface area contributed by atoms with Crippen LogP contribution in [0.2, 0.25) is 0 Å². The molecular weight excluding hydrogens is 372 g/mol. The maximum absolute atomic E-state index is 13.0. The molecule has 0 radical (unpaired) electrons. The van der Waals surface area contributed by atoms with E-state index >= 15 is 0 Å². The summed E-state index contributed by atoms with van der Waals surface area (Å²) < 4.78 is 32.6. The number of hydrogen-bond acceptors (Lipinski definition) is 7. The Balaban J connectivity index is 2.06. The lowest BCUT2D eigenvalue weighted by atomic mass is 10.0. The molecule has 1 amide bonds. The highest BCUT2D eigenvalue weighted by molar-refractivity contribution is 7.92. The molecule has 9 nitrogen and oxygen atoms in total. The molecule has 0 aromatic rings.